The molecule has 0 bridgehead atoms. The van der Waals surface area contributed by atoms with Crippen LogP contribution in [0.4, 0.5) is 4.79 Å². The number of amides is 3. The number of carbonyl (C=O) groups excluding carboxylic acids is 2. The first-order valence-electron chi connectivity index (χ1n) is 7.54. The van der Waals surface area contributed by atoms with Gasteiger partial charge in [-0.05, 0) is 42.0 Å². The van der Waals surface area contributed by atoms with Crippen LogP contribution in [0.2, 0.25) is 0 Å². The van der Waals surface area contributed by atoms with E-state index in [0.717, 1.165) is 24.0 Å². The second kappa shape index (κ2) is 4.71. The number of carbonyl (C=O) groups is 2. The summed E-state index contributed by atoms with van der Waals surface area (Å²) >= 11 is 0. The number of ether oxygens (including phenoxy) is 2. The van der Waals surface area contributed by atoms with Gasteiger partial charge in [-0.1, -0.05) is 6.07 Å². The van der Waals surface area contributed by atoms with Gasteiger partial charge in [-0.25, -0.2) is 4.79 Å². The number of rotatable bonds is 1. The molecule has 2 aliphatic heterocycles. The Morgan fingerprint density at radius 2 is 2.23 bits per heavy atom. The van der Waals surface area contributed by atoms with Crippen molar-refractivity contribution in [1.82, 2.24) is 10.6 Å². The molecule has 1 aliphatic carbocycles. The molecule has 116 valence electrons. The number of fused-ring (bicyclic) bond motifs is 4. The van der Waals surface area contributed by atoms with Crippen LogP contribution in [0.3, 0.4) is 0 Å². The second-order valence-corrected chi connectivity index (χ2v) is 6.17. The predicted octanol–water partition coefficient (Wildman–Crippen LogP) is 0.939. The quantitative estimate of drug-likeness (QED) is 0.757. The average molecular weight is 302 g/mol. The normalized spacial score (nSPS) is 33.0. The fraction of sp³-hybridized carbons (Fsp3) is 0.500. The molecule has 1 spiro atoms. The van der Waals surface area contributed by atoms with Crippen LogP contribution in [0.5, 0.6) is 5.75 Å². The molecule has 3 unspecified atom stereocenters. The average Bonchev–Trinajstić information content (AvgIpc) is 2.83. The maximum absolute atomic E-state index is 12.7. The summed E-state index contributed by atoms with van der Waals surface area (Å²) in [6, 6.07) is 5.33. The van der Waals surface area contributed by atoms with Crippen molar-refractivity contribution >= 4 is 11.9 Å². The molecule has 6 nitrogen and oxygen atoms in total. The third kappa shape index (κ3) is 1.70. The molecule has 4 rings (SSSR count). The number of urea groups is 1. The number of hydrogen-bond acceptors (Lipinski definition) is 4. The Morgan fingerprint density at radius 3 is 2.95 bits per heavy atom. The minimum Gasteiger partial charge on any atom is -0.497 e. The SMILES string of the molecule is COc1ccc2c(c1)C1(NC(=O)NC1=O)C1COCCC1C2. The lowest BCUT2D eigenvalue weighted by molar-refractivity contribution is -0.131. The predicted molar refractivity (Wildman–Crippen MR) is 77.5 cm³/mol. The number of imide groups is 1. The first-order valence-corrected chi connectivity index (χ1v) is 7.54. The Morgan fingerprint density at radius 1 is 1.36 bits per heavy atom. The van der Waals surface area contributed by atoms with Gasteiger partial charge in [0.25, 0.3) is 5.91 Å². The monoisotopic (exact) mass is 302 g/mol. The van der Waals surface area contributed by atoms with Crippen LogP contribution in [0.15, 0.2) is 18.2 Å². The van der Waals surface area contributed by atoms with Crippen molar-refractivity contribution in [1.29, 1.82) is 0 Å². The number of hydrogen-bond donors (Lipinski definition) is 2. The summed E-state index contributed by atoms with van der Waals surface area (Å²) in [4.78, 5) is 24.5. The van der Waals surface area contributed by atoms with Crippen LogP contribution in [0.1, 0.15) is 17.5 Å². The highest BCUT2D eigenvalue weighted by Crippen LogP contribution is 2.48. The van der Waals surface area contributed by atoms with Crippen LogP contribution in [0.25, 0.3) is 0 Å². The summed E-state index contributed by atoms with van der Waals surface area (Å²) in [6.45, 7) is 1.19. The minimum absolute atomic E-state index is 0.0488. The van der Waals surface area contributed by atoms with Crippen molar-refractivity contribution in [3.8, 4) is 5.75 Å². The van der Waals surface area contributed by atoms with Gasteiger partial charge in [0.2, 0.25) is 0 Å². The molecule has 0 radical (unpaired) electrons. The fourth-order valence-electron chi connectivity index (χ4n) is 4.13. The van der Waals surface area contributed by atoms with Crippen molar-refractivity contribution in [2.75, 3.05) is 20.3 Å². The van der Waals surface area contributed by atoms with E-state index in [1.807, 2.05) is 18.2 Å². The van der Waals surface area contributed by atoms with Crippen LogP contribution >= 0.6 is 0 Å². The van der Waals surface area contributed by atoms with E-state index < -0.39 is 11.6 Å². The lowest BCUT2D eigenvalue weighted by atomic mass is 9.62. The van der Waals surface area contributed by atoms with E-state index in [-0.39, 0.29) is 11.8 Å². The Bertz CT molecular complexity index is 660. The van der Waals surface area contributed by atoms with Gasteiger partial charge in [0.05, 0.1) is 13.7 Å². The molecule has 0 aromatic heterocycles. The molecule has 3 atom stereocenters. The third-order valence-electron chi connectivity index (χ3n) is 5.18. The Balaban J connectivity index is 1.92. The van der Waals surface area contributed by atoms with Crippen molar-refractivity contribution in [3.63, 3.8) is 0 Å². The molecule has 3 aliphatic rings. The number of methoxy groups -OCH3 is 1. The Kier molecular flexibility index (Phi) is 2.91. The number of benzene rings is 1. The van der Waals surface area contributed by atoms with Gasteiger partial charge in [-0.2, -0.15) is 0 Å². The number of nitrogens with one attached hydrogen (secondary N) is 2. The smallest absolute Gasteiger partial charge is 0.322 e. The van der Waals surface area contributed by atoms with E-state index in [9.17, 15) is 9.59 Å². The van der Waals surface area contributed by atoms with Gasteiger partial charge in [0, 0.05) is 12.5 Å². The van der Waals surface area contributed by atoms with Crippen molar-refractivity contribution in [2.45, 2.75) is 18.4 Å². The van der Waals surface area contributed by atoms with E-state index in [4.69, 9.17) is 9.47 Å². The molecular weight excluding hydrogens is 284 g/mol. The summed E-state index contributed by atoms with van der Waals surface area (Å²) in [5.74, 6) is 0.681. The van der Waals surface area contributed by atoms with Gasteiger partial charge in [0.1, 0.15) is 5.75 Å². The van der Waals surface area contributed by atoms with Gasteiger partial charge in [-0.15, -0.1) is 0 Å². The molecule has 2 fully saturated rings. The molecule has 2 saturated heterocycles. The molecule has 22 heavy (non-hydrogen) atoms. The molecule has 0 saturated carbocycles. The van der Waals surface area contributed by atoms with Crippen molar-refractivity contribution in [2.24, 2.45) is 11.8 Å². The first kappa shape index (κ1) is 13.6. The van der Waals surface area contributed by atoms with E-state index >= 15 is 0 Å². The Hall–Kier alpha value is -2.08. The highest BCUT2D eigenvalue weighted by molar-refractivity contribution is 6.08. The van der Waals surface area contributed by atoms with E-state index in [1.165, 1.54) is 0 Å². The summed E-state index contributed by atoms with van der Waals surface area (Å²) in [6.07, 6.45) is 1.80. The summed E-state index contributed by atoms with van der Waals surface area (Å²) in [5.41, 5.74) is 0.896. The van der Waals surface area contributed by atoms with Gasteiger partial charge >= 0.3 is 6.03 Å². The molecular formula is C16H18N2O4. The first-order chi connectivity index (χ1) is 10.6. The van der Waals surface area contributed by atoms with E-state index in [1.54, 1.807) is 7.11 Å². The molecule has 2 N–H and O–H groups in total. The highest BCUT2D eigenvalue weighted by atomic mass is 16.5. The van der Waals surface area contributed by atoms with E-state index in [2.05, 4.69) is 10.6 Å². The van der Waals surface area contributed by atoms with Crippen LogP contribution in [-0.2, 0) is 21.5 Å². The summed E-state index contributed by atoms with van der Waals surface area (Å²) in [5, 5.41) is 5.29. The molecule has 6 heteroatoms. The summed E-state index contributed by atoms with van der Waals surface area (Å²) in [7, 11) is 1.59. The van der Waals surface area contributed by atoms with Crippen LogP contribution in [-0.4, -0.2) is 32.3 Å². The summed E-state index contributed by atoms with van der Waals surface area (Å²) < 4.78 is 10.9. The lowest BCUT2D eigenvalue weighted by Gasteiger charge is -2.47. The van der Waals surface area contributed by atoms with Gasteiger partial charge in [-0.3, -0.25) is 10.1 Å². The fourth-order valence-corrected chi connectivity index (χ4v) is 4.13. The lowest BCUT2D eigenvalue weighted by Crippen LogP contribution is -2.58. The molecule has 1 aromatic carbocycles. The van der Waals surface area contributed by atoms with Crippen molar-refractivity contribution in [3.05, 3.63) is 29.3 Å². The zero-order valence-electron chi connectivity index (χ0n) is 12.3. The standard InChI is InChI=1S/C16H18N2O4/c1-21-11-3-2-9-6-10-4-5-22-8-13(10)16(12(9)7-11)14(19)17-15(20)18-16/h2-3,7,10,13H,4-6,8H2,1H3,(H2,17,18,19,20). The third-order valence-corrected chi connectivity index (χ3v) is 5.18. The van der Waals surface area contributed by atoms with Crippen LogP contribution < -0.4 is 15.4 Å². The zero-order chi connectivity index (χ0) is 15.3. The molecule has 1 aromatic rings. The maximum Gasteiger partial charge on any atom is 0.322 e. The maximum atomic E-state index is 12.7. The Labute approximate surface area is 128 Å². The highest BCUT2D eigenvalue weighted by Gasteiger charge is 2.59. The molecule has 2 heterocycles. The van der Waals surface area contributed by atoms with Gasteiger partial charge in [0.15, 0.2) is 5.54 Å². The van der Waals surface area contributed by atoms with Gasteiger partial charge < -0.3 is 14.8 Å². The second-order valence-electron chi connectivity index (χ2n) is 6.17. The van der Waals surface area contributed by atoms with Crippen LogP contribution in [0, 0.1) is 11.8 Å². The van der Waals surface area contributed by atoms with Crippen molar-refractivity contribution < 1.29 is 19.1 Å². The topological polar surface area (TPSA) is 76.7 Å². The zero-order valence-corrected chi connectivity index (χ0v) is 12.3. The minimum atomic E-state index is -1.04. The largest absolute Gasteiger partial charge is 0.497 e. The van der Waals surface area contributed by atoms with E-state index in [0.29, 0.717) is 24.9 Å². The molecule has 3 amide bonds.